The van der Waals surface area contributed by atoms with Crippen molar-refractivity contribution in [2.75, 3.05) is 26.2 Å². The maximum absolute atomic E-state index is 12.6. The van der Waals surface area contributed by atoms with E-state index in [-0.39, 0.29) is 5.91 Å². The van der Waals surface area contributed by atoms with Gasteiger partial charge in [0.05, 0.1) is 17.3 Å². The topological polar surface area (TPSA) is 65.2 Å². The molecule has 0 bridgehead atoms. The molecule has 2 aromatic rings. The van der Waals surface area contributed by atoms with Crippen molar-refractivity contribution >= 4 is 23.6 Å². The molecular weight excluding hydrogens is 374 g/mol. The molecule has 0 atom stereocenters. The van der Waals surface area contributed by atoms with Crippen LogP contribution in [0.5, 0.6) is 0 Å². The van der Waals surface area contributed by atoms with E-state index in [4.69, 9.17) is 16.9 Å². The molecule has 3 rings (SSSR count). The third kappa shape index (κ3) is 4.80. The van der Waals surface area contributed by atoms with E-state index in [9.17, 15) is 4.79 Å². The van der Waals surface area contributed by atoms with Gasteiger partial charge in [0.15, 0.2) is 0 Å². The normalized spacial score (nSPS) is 15.6. The Labute approximate surface area is 170 Å². The number of aryl methyl sites for hydroxylation is 2. The van der Waals surface area contributed by atoms with Gasteiger partial charge in [-0.15, -0.1) is 0 Å². The van der Waals surface area contributed by atoms with Crippen LogP contribution in [0, 0.1) is 18.3 Å². The van der Waals surface area contributed by atoms with Crippen molar-refractivity contribution < 1.29 is 4.79 Å². The van der Waals surface area contributed by atoms with Gasteiger partial charge in [-0.25, -0.2) is 0 Å². The van der Waals surface area contributed by atoms with Gasteiger partial charge in [-0.1, -0.05) is 23.7 Å². The maximum Gasteiger partial charge on any atom is 0.246 e. The van der Waals surface area contributed by atoms with E-state index in [0.717, 1.165) is 43.9 Å². The number of hydrogen-bond acceptors (Lipinski definition) is 4. The summed E-state index contributed by atoms with van der Waals surface area (Å²) < 4.78 is 1.61. The van der Waals surface area contributed by atoms with Gasteiger partial charge in [0.1, 0.15) is 5.15 Å². The van der Waals surface area contributed by atoms with Gasteiger partial charge in [0, 0.05) is 51.4 Å². The Morgan fingerprint density at radius 3 is 2.64 bits per heavy atom. The summed E-state index contributed by atoms with van der Waals surface area (Å²) in [6, 6.07) is 9.82. The van der Waals surface area contributed by atoms with Crippen molar-refractivity contribution in [3.63, 3.8) is 0 Å². The highest BCUT2D eigenvalue weighted by molar-refractivity contribution is 6.31. The van der Waals surface area contributed by atoms with Crippen molar-refractivity contribution in [2.45, 2.75) is 19.9 Å². The Morgan fingerprint density at radius 2 is 2.00 bits per heavy atom. The van der Waals surface area contributed by atoms with Crippen LogP contribution in [0.25, 0.3) is 6.08 Å². The monoisotopic (exact) mass is 397 g/mol. The summed E-state index contributed by atoms with van der Waals surface area (Å²) in [7, 11) is 1.78. The lowest BCUT2D eigenvalue weighted by Gasteiger charge is -2.21. The number of amides is 1. The first-order valence-electron chi connectivity index (χ1n) is 9.35. The molecule has 1 aromatic heterocycles. The molecule has 0 N–H and O–H groups in total. The smallest absolute Gasteiger partial charge is 0.246 e. The van der Waals surface area contributed by atoms with E-state index in [1.807, 2.05) is 36.1 Å². The van der Waals surface area contributed by atoms with E-state index in [1.54, 1.807) is 23.9 Å². The molecule has 1 aliphatic heterocycles. The number of carbonyl (C=O) groups is 1. The molecule has 1 amide bonds. The zero-order valence-electron chi connectivity index (χ0n) is 16.2. The van der Waals surface area contributed by atoms with E-state index in [1.165, 1.54) is 5.56 Å². The molecule has 1 saturated heterocycles. The van der Waals surface area contributed by atoms with Gasteiger partial charge in [-0.2, -0.15) is 10.4 Å². The number of benzene rings is 1. The van der Waals surface area contributed by atoms with Crippen LogP contribution in [0.4, 0.5) is 0 Å². The number of nitrogens with zero attached hydrogens (tertiary/aromatic N) is 5. The number of halogens is 1. The van der Waals surface area contributed by atoms with Gasteiger partial charge in [-0.05, 0) is 37.1 Å². The summed E-state index contributed by atoms with van der Waals surface area (Å²) in [5, 5.41) is 13.7. The molecule has 0 radical (unpaired) electrons. The summed E-state index contributed by atoms with van der Waals surface area (Å²) in [4.78, 5) is 16.8. The Bertz CT molecular complexity index is 910. The molecule has 6 nitrogen and oxygen atoms in total. The van der Waals surface area contributed by atoms with Gasteiger partial charge in [0.2, 0.25) is 5.91 Å². The number of aromatic nitrogens is 2. The number of carbonyl (C=O) groups excluding carboxylic acids is 1. The van der Waals surface area contributed by atoms with Crippen LogP contribution < -0.4 is 0 Å². The lowest BCUT2D eigenvalue weighted by atomic mass is 10.1. The second-order valence-corrected chi connectivity index (χ2v) is 7.37. The highest BCUT2D eigenvalue weighted by Crippen LogP contribution is 2.20. The van der Waals surface area contributed by atoms with Crippen LogP contribution in [0.3, 0.4) is 0 Å². The van der Waals surface area contributed by atoms with Crippen LogP contribution in [-0.4, -0.2) is 51.7 Å². The predicted molar refractivity (Wildman–Crippen MR) is 110 cm³/mol. The fourth-order valence-electron chi connectivity index (χ4n) is 3.39. The lowest BCUT2D eigenvalue weighted by molar-refractivity contribution is -0.125. The van der Waals surface area contributed by atoms with Gasteiger partial charge < -0.3 is 4.90 Å². The molecule has 28 heavy (non-hydrogen) atoms. The summed E-state index contributed by atoms with van der Waals surface area (Å²) in [5.74, 6) is -0.000423. The van der Waals surface area contributed by atoms with Gasteiger partial charge in [0.25, 0.3) is 0 Å². The SMILES string of the molecule is Cc1nn(C)c(Cl)c1/C=C/C(=O)N1CCCN(Cc2ccc(C#N)cc2)CC1. The summed E-state index contributed by atoms with van der Waals surface area (Å²) in [6.07, 6.45) is 4.28. The predicted octanol–water partition coefficient (Wildman–Crippen LogP) is 3.00. The van der Waals surface area contributed by atoms with E-state index >= 15 is 0 Å². The van der Waals surface area contributed by atoms with Crippen LogP contribution in [0.15, 0.2) is 30.3 Å². The first kappa shape index (κ1) is 20.1. The van der Waals surface area contributed by atoms with Crippen molar-refractivity contribution in [2.24, 2.45) is 7.05 Å². The highest BCUT2D eigenvalue weighted by Gasteiger charge is 2.18. The average molecular weight is 398 g/mol. The van der Waals surface area contributed by atoms with E-state index in [0.29, 0.717) is 17.3 Å². The molecule has 7 heteroatoms. The molecule has 0 aliphatic carbocycles. The number of hydrogen-bond donors (Lipinski definition) is 0. The number of nitriles is 1. The Balaban J connectivity index is 1.57. The third-order valence-electron chi connectivity index (χ3n) is 4.98. The quantitative estimate of drug-likeness (QED) is 0.744. The number of rotatable bonds is 4. The lowest BCUT2D eigenvalue weighted by Crippen LogP contribution is -2.34. The Kier molecular flexibility index (Phi) is 6.50. The third-order valence-corrected chi connectivity index (χ3v) is 5.43. The largest absolute Gasteiger partial charge is 0.338 e. The van der Waals surface area contributed by atoms with Crippen LogP contribution in [0.2, 0.25) is 5.15 Å². The summed E-state index contributed by atoms with van der Waals surface area (Å²) >= 11 is 6.22. The minimum absolute atomic E-state index is 0.000423. The maximum atomic E-state index is 12.6. The molecule has 0 unspecified atom stereocenters. The van der Waals surface area contributed by atoms with E-state index < -0.39 is 0 Å². The zero-order valence-corrected chi connectivity index (χ0v) is 17.0. The Hall–Kier alpha value is -2.62. The van der Waals surface area contributed by atoms with Crippen LogP contribution in [-0.2, 0) is 18.4 Å². The van der Waals surface area contributed by atoms with E-state index in [2.05, 4.69) is 16.1 Å². The standard InChI is InChI=1S/C21H24ClN5O/c1-16-19(21(22)25(2)24-16)8-9-20(28)27-11-3-10-26(12-13-27)15-18-6-4-17(14-23)5-7-18/h4-9H,3,10-13,15H2,1-2H3/b9-8+. The van der Waals surface area contributed by atoms with Crippen molar-refractivity contribution in [3.05, 3.63) is 57.9 Å². The summed E-state index contributed by atoms with van der Waals surface area (Å²) in [6.45, 7) is 5.91. The molecular formula is C21H24ClN5O. The second-order valence-electron chi connectivity index (χ2n) is 7.01. The van der Waals surface area contributed by atoms with Crippen molar-refractivity contribution in [1.82, 2.24) is 19.6 Å². The molecule has 1 aromatic carbocycles. The fraction of sp³-hybridized carbons (Fsp3) is 0.381. The van der Waals surface area contributed by atoms with Gasteiger partial charge in [-0.3, -0.25) is 14.4 Å². The molecule has 1 aliphatic rings. The zero-order chi connectivity index (χ0) is 20.1. The second kappa shape index (κ2) is 9.05. The van der Waals surface area contributed by atoms with Crippen LogP contribution in [0.1, 0.15) is 28.8 Å². The molecule has 2 heterocycles. The molecule has 146 valence electrons. The first-order chi connectivity index (χ1) is 13.5. The van der Waals surface area contributed by atoms with Crippen molar-refractivity contribution in [3.8, 4) is 6.07 Å². The van der Waals surface area contributed by atoms with Gasteiger partial charge >= 0.3 is 0 Å². The summed E-state index contributed by atoms with van der Waals surface area (Å²) in [5.41, 5.74) is 3.45. The molecule has 0 saturated carbocycles. The highest BCUT2D eigenvalue weighted by atomic mass is 35.5. The molecule has 1 fully saturated rings. The average Bonchev–Trinajstić information content (AvgIpc) is 2.85. The van der Waals surface area contributed by atoms with Crippen molar-refractivity contribution in [1.29, 1.82) is 5.26 Å². The minimum atomic E-state index is -0.000423. The Morgan fingerprint density at radius 1 is 1.25 bits per heavy atom. The van der Waals surface area contributed by atoms with Crippen LogP contribution >= 0.6 is 11.6 Å². The molecule has 0 spiro atoms. The first-order valence-corrected chi connectivity index (χ1v) is 9.73. The fourth-order valence-corrected chi connectivity index (χ4v) is 3.63. The minimum Gasteiger partial charge on any atom is -0.338 e.